The number of nitrogens with one attached hydrogen (secondary N) is 1. The van der Waals surface area contributed by atoms with Gasteiger partial charge in [-0.2, -0.15) is 0 Å². The molecule has 1 N–H and O–H groups in total. The Labute approximate surface area is 120 Å². The van der Waals surface area contributed by atoms with E-state index in [-0.39, 0.29) is 5.54 Å². The van der Waals surface area contributed by atoms with E-state index in [1.165, 1.54) is 38.5 Å². The lowest BCUT2D eigenvalue weighted by atomic mass is 9.82. The summed E-state index contributed by atoms with van der Waals surface area (Å²) >= 11 is 0. The lowest BCUT2D eigenvalue weighted by Gasteiger charge is -2.31. The van der Waals surface area contributed by atoms with Crippen molar-refractivity contribution in [2.75, 3.05) is 13.2 Å². The molecule has 2 unspecified atom stereocenters. The fourth-order valence-corrected chi connectivity index (χ4v) is 3.13. The van der Waals surface area contributed by atoms with E-state index in [0.717, 1.165) is 25.0 Å². The largest absolute Gasteiger partial charge is 0.378 e. The van der Waals surface area contributed by atoms with Gasteiger partial charge in [0.1, 0.15) is 0 Å². The van der Waals surface area contributed by atoms with Crippen LogP contribution in [0.25, 0.3) is 0 Å². The summed E-state index contributed by atoms with van der Waals surface area (Å²) < 4.78 is 6.05. The maximum Gasteiger partial charge on any atom is 0.0580 e. The molecule has 1 saturated carbocycles. The Bertz CT molecular complexity index is 224. The Balaban J connectivity index is 1.96. The number of unbranched alkanes of at least 4 members (excludes halogenated alkanes) is 2. The Hall–Kier alpha value is -0.0800. The fraction of sp³-hybridized carbons (Fsp3) is 1.00. The first-order valence-electron chi connectivity index (χ1n) is 8.23. The summed E-state index contributed by atoms with van der Waals surface area (Å²) in [4.78, 5) is 0. The van der Waals surface area contributed by atoms with Gasteiger partial charge in [-0.15, -0.1) is 0 Å². The van der Waals surface area contributed by atoms with Crippen molar-refractivity contribution < 1.29 is 4.74 Å². The first-order chi connectivity index (χ1) is 8.87. The molecule has 19 heavy (non-hydrogen) atoms. The van der Waals surface area contributed by atoms with Gasteiger partial charge in [0.25, 0.3) is 0 Å². The zero-order valence-corrected chi connectivity index (χ0v) is 13.8. The van der Waals surface area contributed by atoms with Gasteiger partial charge >= 0.3 is 0 Å². The van der Waals surface area contributed by atoms with Crippen LogP contribution in [0.5, 0.6) is 0 Å². The smallest absolute Gasteiger partial charge is 0.0580 e. The highest BCUT2D eigenvalue weighted by atomic mass is 16.5. The third kappa shape index (κ3) is 8.65. The van der Waals surface area contributed by atoms with Gasteiger partial charge in [0, 0.05) is 12.1 Å². The molecule has 0 aliphatic heterocycles. The fourth-order valence-electron chi connectivity index (χ4n) is 3.13. The molecule has 0 aromatic heterocycles. The predicted molar refractivity (Wildman–Crippen MR) is 83.5 cm³/mol. The summed E-state index contributed by atoms with van der Waals surface area (Å²) in [7, 11) is 0. The van der Waals surface area contributed by atoms with E-state index in [1.807, 2.05) is 0 Å². The zero-order valence-electron chi connectivity index (χ0n) is 13.8. The first kappa shape index (κ1) is 17.0. The van der Waals surface area contributed by atoms with Crippen LogP contribution >= 0.6 is 0 Å². The summed E-state index contributed by atoms with van der Waals surface area (Å²) in [6.45, 7) is 13.5. The van der Waals surface area contributed by atoms with Crippen LogP contribution in [0.2, 0.25) is 0 Å². The van der Waals surface area contributed by atoms with Crippen LogP contribution in [0.3, 0.4) is 0 Å². The molecule has 2 heteroatoms. The number of ether oxygens (including phenoxy) is 1. The molecule has 114 valence electrons. The van der Waals surface area contributed by atoms with E-state index in [0.29, 0.717) is 6.10 Å². The second-order valence-electron chi connectivity index (χ2n) is 7.65. The highest BCUT2D eigenvalue weighted by Gasteiger charge is 2.24. The minimum Gasteiger partial charge on any atom is -0.378 e. The maximum absolute atomic E-state index is 6.05. The van der Waals surface area contributed by atoms with Gasteiger partial charge in [-0.3, -0.25) is 0 Å². The van der Waals surface area contributed by atoms with Crippen LogP contribution in [0, 0.1) is 11.8 Å². The molecule has 0 saturated heterocycles. The molecule has 0 aromatic rings. The quantitative estimate of drug-likeness (QED) is 0.692. The molecule has 0 bridgehead atoms. The van der Waals surface area contributed by atoms with Crippen molar-refractivity contribution in [3.63, 3.8) is 0 Å². The first-order valence-corrected chi connectivity index (χ1v) is 8.23. The zero-order chi connectivity index (χ0) is 14.3. The Kier molecular flexibility index (Phi) is 7.38. The van der Waals surface area contributed by atoms with E-state index in [2.05, 4.69) is 39.9 Å². The maximum atomic E-state index is 6.05. The molecule has 1 aliphatic carbocycles. The second kappa shape index (κ2) is 8.26. The van der Waals surface area contributed by atoms with Crippen molar-refractivity contribution >= 4 is 0 Å². The summed E-state index contributed by atoms with van der Waals surface area (Å²) in [5, 5.41) is 3.53. The average Bonchev–Trinajstić information content (AvgIpc) is 2.25. The third-order valence-electron chi connectivity index (χ3n) is 3.97. The SMILES string of the molecule is CC1CC(C)CC(OCCCCCNC(C)(C)C)C1. The van der Waals surface area contributed by atoms with Crippen molar-refractivity contribution in [1.29, 1.82) is 0 Å². The predicted octanol–water partition coefficient (Wildman–Crippen LogP) is 4.39. The van der Waals surface area contributed by atoms with Gasteiger partial charge in [-0.05, 0) is 77.7 Å². The van der Waals surface area contributed by atoms with Gasteiger partial charge in [0.2, 0.25) is 0 Å². The summed E-state index contributed by atoms with van der Waals surface area (Å²) in [6, 6.07) is 0. The normalized spacial score (nSPS) is 28.6. The van der Waals surface area contributed by atoms with Gasteiger partial charge in [0.05, 0.1) is 6.10 Å². The Morgan fingerprint density at radius 2 is 1.58 bits per heavy atom. The summed E-state index contributed by atoms with van der Waals surface area (Å²) in [6.07, 6.45) is 8.22. The van der Waals surface area contributed by atoms with E-state index < -0.39 is 0 Å². The minimum absolute atomic E-state index is 0.255. The highest BCUT2D eigenvalue weighted by molar-refractivity contribution is 4.75. The van der Waals surface area contributed by atoms with Crippen LogP contribution in [-0.2, 0) is 4.74 Å². The molecular formula is C17H35NO. The number of hydrogen-bond donors (Lipinski definition) is 1. The van der Waals surface area contributed by atoms with Gasteiger partial charge < -0.3 is 10.1 Å². The summed E-state index contributed by atoms with van der Waals surface area (Å²) in [5.41, 5.74) is 0.255. The van der Waals surface area contributed by atoms with Crippen LogP contribution in [0.4, 0.5) is 0 Å². The lowest BCUT2D eigenvalue weighted by molar-refractivity contribution is -0.000592. The van der Waals surface area contributed by atoms with E-state index >= 15 is 0 Å². The van der Waals surface area contributed by atoms with Gasteiger partial charge in [0.15, 0.2) is 0 Å². The monoisotopic (exact) mass is 269 g/mol. The molecule has 2 atom stereocenters. The van der Waals surface area contributed by atoms with Crippen molar-refractivity contribution in [3.8, 4) is 0 Å². The molecule has 1 aliphatic rings. The molecule has 0 aromatic carbocycles. The molecule has 1 fully saturated rings. The van der Waals surface area contributed by atoms with Crippen LogP contribution in [0.15, 0.2) is 0 Å². The third-order valence-corrected chi connectivity index (χ3v) is 3.97. The molecule has 0 radical (unpaired) electrons. The molecule has 1 rings (SSSR count). The lowest BCUT2D eigenvalue weighted by Crippen LogP contribution is -2.36. The van der Waals surface area contributed by atoms with Gasteiger partial charge in [-0.25, -0.2) is 0 Å². The summed E-state index contributed by atoms with van der Waals surface area (Å²) in [5.74, 6) is 1.70. The minimum atomic E-state index is 0.255. The second-order valence-corrected chi connectivity index (χ2v) is 7.65. The van der Waals surface area contributed by atoms with E-state index in [1.54, 1.807) is 0 Å². The van der Waals surface area contributed by atoms with E-state index in [9.17, 15) is 0 Å². The highest BCUT2D eigenvalue weighted by Crippen LogP contribution is 2.30. The van der Waals surface area contributed by atoms with Crippen LogP contribution in [0.1, 0.15) is 73.1 Å². The van der Waals surface area contributed by atoms with Gasteiger partial charge in [-0.1, -0.05) is 13.8 Å². The molecular weight excluding hydrogens is 234 g/mol. The topological polar surface area (TPSA) is 21.3 Å². The van der Waals surface area contributed by atoms with Crippen molar-refractivity contribution in [3.05, 3.63) is 0 Å². The average molecular weight is 269 g/mol. The van der Waals surface area contributed by atoms with E-state index in [4.69, 9.17) is 4.74 Å². The molecule has 0 heterocycles. The van der Waals surface area contributed by atoms with Crippen molar-refractivity contribution in [1.82, 2.24) is 5.32 Å². The molecule has 0 amide bonds. The number of rotatable bonds is 7. The molecule has 2 nitrogen and oxygen atoms in total. The van der Waals surface area contributed by atoms with Crippen LogP contribution < -0.4 is 5.32 Å². The molecule has 0 spiro atoms. The van der Waals surface area contributed by atoms with Crippen LogP contribution in [-0.4, -0.2) is 24.8 Å². The van der Waals surface area contributed by atoms with Crippen molar-refractivity contribution in [2.24, 2.45) is 11.8 Å². The number of hydrogen-bond acceptors (Lipinski definition) is 2. The Morgan fingerprint density at radius 3 is 2.16 bits per heavy atom. The van der Waals surface area contributed by atoms with Crippen molar-refractivity contribution in [2.45, 2.75) is 84.8 Å². The Morgan fingerprint density at radius 1 is 0.947 bits per heavy atom. The standard InChI is InChI=1S/C17H35NO/c1-14-11-15(2)13-16(12-14)19-10-8-6-7-9-18-17(3,4)5/h14-16,18H,6-13H2,1-5H3.